The maximum absolute atomic E-state index is 12.5. The summed E-state index contributed by atoms with van der Waals surface area (Å²) in [5.74, 6) is 1.21. The van der Waals surface area contributed by atoms with Crippen molar-refractivity contribution in [3.8, 4) is 11.5 Å². The number of fused-ring (bicyclic) bond motifs is 2. The van der Waals surface area contributed by atoms with Gasteiger partial charge >= 0.3 is 13.1 Å². The van der Waals surface area contributed by atoms with Crippen molar-refractivity contribution >= 4 is 19.0 Å². The third kappa shape index (κ3) is 2.96. The van der Waals surface area contributed by atoms with Gasteiger partial charge in [-0.25, -0.2) is 4.79 Å². The van der Waals surface area contributed by atoms with Crippen LogP contribution in [0.1, 0.15) is 35.2 Å². The van der Waals surface area contributed by atoms with Crippen molar-refractivity contribution in [3.63, 3.8) is 0 Å². The molecule has 2 heterocycles. The van der Waals surface area contributed by atoms with Crippen molar-refractivity contribution in [1.29, 1.82) is 0 Å². The molecular weight excluding hydrogens is 349 g/mol. The highest BCUT2D eigenvalue weighted by Crippen LogP contribution is 2.54. The zero-order valence-corrected chi connectivity index (χ0v) is 15.0. The Morgan fingerprint density at radius 3 is 2.63 bits per heavy atom. The highest BCUT2D eigenvalue weighted by atomic mass is 16.5. The highest BCUT2D eigenvalue weighted by molar-refractivity contribution is 6.44. The Morgan fingerprint density at radius 2 is 1.93 bits per heavy atom. The lowest BCUT2D eigenvalue weighted by Crippen LogP contribution is -2.57. The third-order valence-electron chi connectivity index (χ3n) is 6.38. The van der Waals surface area contributed by atoms with Crippen molar-refractivity contribution in [2.45, 2.75) is 38.1 Å². The normalized spacial score (nSPS) is 28.7. The molecule has 1 aromatic rings. The standard InChI is InChI=1S/C19H22BNO6/c22-18(13-6-11-5-12(11)7-13)21-8-14(9-21)26-15-2-1-10-3-4-20(25)27-17(10)16(15)19(23)24/h1-2,11-14,25H,3-9H2,(H,23,24)/t11-,12+,13?. The zero-order chi connectivity index (χ0) is 18.7. The van der Waals surface area contributed by atoms with Gasteiger partial charge in [0.25, 0.3) is 0 Å². The molecular formula is C19H22BNO6. The van der Waals surface area contributed by atoms with Crippen molar-refractivity contribution < 1.29 is 29.1 Å². The van der Waals surface area contributed by atoms with E-state index < -0.39 is 13.1 Å². The van der Waals surface area contributed by atoms with Crippen LogP contribution in [0.3, 0.4) is 0 Å². The van der Waals surface area contributed by atoms with E-state index in [1.54, 1.807) is 12.1 Å². The lowest BCUT2D eigenvalue weighted by molar-refractivity contribution is -0.144. The van der Waals surface area contributed by atoms with E-state index in [1.165, 1.54) is 6.42 Å². The van der Waals surface area contributed by atoms with E-state index in [2.05, 4.69) is 0 Å². The van der Waals surface area contributed by atoms with Crippen LogP contribution in [0.4, 0.5) is 0 Å². The summed E-state index contributed by atoms with van der Waals surface area (Å²) >= 11 is 0. The van der Waals surface area contributed by atoms with Gasteiger partial charge in [-0.1, -0.05) is 6.07 Å². The Labute approximate surface area is 157 Å². The average molecular weight is 371 g/mol. The van der Waals surface area contributed by atoms with E-state index in [4.69, 9.17) is 9.39 Å². The summed E-state index contributed by atoms with van der Waals surface area (Å²) < 4.78 is 11.2. The van der Waals surface area contributed by atoms with Gasteiger partial charge in [-0.2, -0.15) is 0 Å². The monoisotopic (exact) mass is 371 g/mol. The van der Waals surface area contributed by atoms with Crippen LogP contribution in [-0.2, 0) is 11.2 Å². The number of likely N-dealkylation sites (tertiary alicyclic amines) is 1. The largest absolute Gasteiger partial charge is 0.535 e. The summed E-state index contributed by atoms with van der Waals surface area (Å²) in [5, 5.41) is 19.3. The molecule has 1 aromatic carbocycles. The van der Waals surface area contributed by atoms with Crippen molar-refractivity contribution in [2.75, 3.05) is 13.1 Å². The molecule has 142 valence electrons. The molecule has 3 fully saturated rings. The zero-order valence-electron chi connectivity index (χ0n) is 15.0. The first-order valence-corrected chi connectivity index (χ1v) is 9.69. The first-order chi connectivity index (χ1) is 13.0. The number of carboxylic acid groups (broad SMARTS) is 1. The number of nitrogens with zero attached hydrogens (tertiary/aromatic N) is 1. The summed E-state index contributed by atoms with van der Waals surface area (Å²) in [6.07, 6.45) is 4.14. The second kappa shape index (κ2) is 6.16. The number of aryl methyl sites for hydroxylation is 1. The lowest BCUT2D eigenvalue weighted by atomic mass is 9.78. The number of benzene rings is 1. The maximum atomic E-state index is 12.5. The van der Waals surface area contributed by atoms with E-state index in [1.807, 2.05) is 4.90 Å². The SMILES string of the molecule is O=C(O)c1c(OC2CN(C(=O)C3C[C@@H]4C[C@@H]4C3)C2)ccc2c1OB(O)CC2. The molecule has 8 heteroatoms. The number of hydrogen-bond donors (Lipinski definition) is 2. The van der Waals surface area contributed by atoms with Gasteiger partial charge in [0.05, 0.1) is 13.1 Å². The first kappa shape index (κ1) is 16.9. The molecule has 7 nitrogen and oxygen atoms in total. The fourth-order valence-electron chi connectivity index (χ4n) is 4.76. The second-order valence-electron chi connectivity index (χ2n) is 8.25. The maximum Gasteiger partial charge on any atom is 0.522 e. The predicted octanol–water partition coefficient (Wildman–Crippen LogP) is 1.44. The van der Waals surface area contributed by atoms with Crippen LogP contribution in [0.5, 0.6) is 11.5 Å². The predicted molar refractivity (Wildman–Crippen MR) is 95.8 cm³/mol. The molecule has 2 N–H and O–H groups in total. The summed E-state index contributed by atoms with van der Waals surface area (Å²) in [4.78, 5) is 26.1. The quantitative estimate of drug-likeness (QED) is 0.778. The molecule has 4 aliphatic rings. The minimum atomic E-state index is -1.15. The molecule has 2 aliphatic carbocycles. The van der Waals surface area contributed by atoms with Crippen molar-refractivity contribution in [1.82, 2.24) is 4.90 Å². The molecule has 0 aromatic heterocycles. The van der Waals surface area contributed by atoms with E-state index in [9.17, 15) is 19.7 Å². The van der Waals surface area contributed by atoms with E-state index in [0.29, 0.717) is 25.8 Å². The molecule has 2 aliphatic heterocycles. The van der Waals surface area contributed by atoms with Crippen LogP contribution in [-0.4, -0.2) is 53.2 Å². The average Bonchev–Trinajstić information content (AvgIpc) is 3.21. The van der Waals surface area contributed by atoms with Gasteiger partial charge in [0, 0.05) is 5.92 Å². The molecule has 27 heavy (non-hydrogen) atoms. The fraction of sp³-hybridized carbons (Fsp3) is 0.579. The minimum Gasteiger partial charge on any atom is -0.535 e. The first-order valence-electron chi connectivity index (χ1n) is 9.69. The fourth-order valence-corrected chi connectivity index (χ4v) is 4.76. The van der Waals surface area contributed by atoms with E-state index in [0.717, 1.165) is 30.2 Å². The Kier molecular flexibility index (Phi) is 3.86. The lowest BCUT2D eigenvalue weighted by Gasteiger charge is -2.40. The van der Waals surface area contributed by atoms with Crippen LogP contribution in [0, 0.1) is 17.8 Å². The summed E-state index contributed by atoms with van der Waals surface area (Å²) in [7, 11) is -1.000. The van der Waals surface area contributed by atoms with Crippen LogP contribution < -0.4 is 9.39 Å². The Hall–Kier alpha value is -2.22. The number of carboxylic acids is 1. The minimum absolute atomic E-state index is 0.0492. The molecule has 1 amide bonds. The van der Waals surface area contributed by atoms with Gasteiger partial charge in [-0.05, 0) is 55.5 Å². The molecule has 0 spiro atoms. The Bertz CT molecular complexity index is 798. The molecule has 2 saturated carbocycles. The topological polar surface area (TPSA) is 96.3 Å². The van der Waals surface area contributed by atoms with Crippen molar-refractivity contribution in [2.24, 2.45) is 17.8 Å². The van der Waals surface area contributed by atoms with Crippen molar-refractivity contribution in [3.05, 3.63) is 23.3 Å². The van der Waals surface area contributed by atoms with Gasteiger partial charge in [0.2, 0.25) is 5.91 Å². The summed E-state index contributed by atoms with van der Waals surface area (Å²) in [6, 6.07) is 3.44. The van der Waals surface area contributed by atoms with Gasteiger partial charge in [0.1, 0.15) is 23.2 Å². The molecule has 0 radical (unpaired) electrons. The number of ether oxygens (including phenoxy) is 1. The van der Waals surface area contributed by atoms with E-state index >= 15 is 0 Å². The van der Waals surface area contributed by atoms with Gasteiger partial charge in [-0.15, -0.1) is 0 Å². The Balaban J connectivity index is 1.26. The van der Waals surface area contributed by atoms with Crippen LogP contribution in [0.2, 0.25) is 6.32 Å². The van der Waals surface area contributed by atoms with Crippen LogP contribution in [0.15, 0.2) is 12.1 Å². The molecule has 0 bridgehead atoms. The highest BCUT2D eigenvalue weighted by Gasteiger charge is 2.50. The third-order valence-corrected chi connectivity index (χ3v) is 6.38. The summed E-state index contributed by atoms with van der Waals surface area (Å²) in [5.41, 5.74) is 0.710. The molecule has 5 rings (SSSR count). The van der Waals surface area contributed by atoms with Crippen LogP contribution >= 0.6 is 0 Å². The second-order valence-corrected chi connectivity index (χ2v) is 8.25. The number of rotatable bonds is 4. The number of carbonyl (C=O) groups excluding carboxylic acids is 1. The smallest absolute Gasteiger partial charge is 0.522 e. The van der Waals surface area contributed by atoms with Gasteiger partial charge in [0.15, 0.2) is 0 Å². The number of hydrogen-bond acceptors (Lipinski definition) is 5. The van der Waals surface area contributed by atoms with Gasteiger partial charge in [-0.3, -0.25) is 4.79 Å². The molecule has 3 atom stereocenters. The molecule has 1 unspecified atom stereocenters. The number of aromatic carboxylic acids is 1. The van der Waals surface area contributed by atoms with E-state index in [-0.39, 0.29) is 35.0 Å². The number of amides is 1. The van der Waals surface area contributed by atoms with Gasteiger partial charge < -0.3 is 24.4 Å². The van der Waals surface area contributed by atoms with Crippen LogP contribution in [0.25, 0.3) is 0 Å². The Morgan fingerprint density at radius 1 is 1.19 bits per heavy atom. The molecule has 1 saturated heterocycles. The number of carbonyl (C=O) groups is 2. The summed E-state index contributed by atoms with van der Waals surface area (Å²) in [6.45, 7) is 0.981.